The molecular formula is C19H18ClFN2O2. The largest absolute Gasteiger partial charge is 0.378 e. The predicted molar refractivity (Wildman–Crippen MR) is 98.5 cm³/mol. The van der Waals surface area contributed by atoms with E-state index in [0.717, 1.165) is 5.69 Å². The third kappa shape index (κ3) is 4.59. The van der Waals surface area contributed by atoms with Crippen molar-refractivity contribution < 1.29 is 13.9 Å². The Morgan fingerprint density at radius 3 is 2.72 bits per heavy atom. The zero-order valence-electron chi connectivity index (χ0n) is 13.5. The van der Waals surface area contributed by atoms with E-state index in [0.29, 0.717) is 42.6 Å². The molecule has 0 saturated carbocycles. The maximum absolute atomic E-state index is 13.2. The minimum Gasteiger partial charge on any atom is -0.378 e. The molecule has 1 N–H and O–H groups in total. The van der Waals surface area contributed by atoms with Crippen molar-refractivity contribution in [3.8, 4) is 0 Å². The zero-order chi connectivity index (χ0) is 17.6. The lowest BCUT2D eigenvalue weighted by Crippen LogP contribution is -2.37. The highest BCUT2D eigenvalue weighted by Gasteiger charge is 2.18. The smallest absolute Gasteiger partial charge is 0.248 e. The number of carbonyl (C=O) groups excluding carboxylic acids is 1. The first-order valence-corrected chi connectivity index (χ1v) is 8.37. The minimum atomic E-state index is -0.341. The molecule has 0 spiro atoms. The molecule has 1 fully saturated rings. The molecule has 3 rings (SSSR count). The van der Waals surface area contributed by atoms with E-state index >= 15 is 0 Å². The van der Waals surface area contributed by atoms with E-state index in [-0.39, 0.29) is 11.7 Å². The molecule has 4 nitrogen and oxygen atoms in total. The summed E-state index contributed by atoms with van der Waals surface area (Å²) in [5.41, 5.74) is 2.05. The van der Waals surface area contributed by atoms with Crippen LogP contribution in [0.3, 0.4) is 0 Å². The summed E-state index contributed by atoms with van der Waals surface area (Å²) < 4.78 is 18.5. The molecule has 25 heavy (non-hydrogen) atoms. The Balaban J connectivity index is 1.76. The van der Waals surface area contributed by atoms with Gasteiger partial charge in [-0.15, -0.1) is 0 Å². The Kier molecular flexibility index (Phi) is 5.68. The van der Waals surface area contributed by atoms with Gasteiger partial charge in [0.25, 0.3) is 0 Å². The molecule has 0 aromatic heterocycles. The number of ether oxygens (including phenoxy) is 1. The Labute approximate surface area is 150 Å². The fraction of sp³-hybridized carbons (Fsp3) is 0.211. The summed E-state index contributed by atoms with van der Waals surface area (Å²) in [6, 6.07) is 11.4. The highest BCUT2D eigenvalue weighted by molar-refractivity contribution is 6.34. The number of rotatable bonds is 4. The van der Waals surface area contributed by atoms with Crippen LogP contribution in [-0.4, -0.2) is 32.2 Å². The Morgan fingerprint density at radius 2 is 1.96 bits per heavy atom. The van der Waals surface area contributed by atoms with E-state index in [1.807, 2.05) is 6.07 Å². The number of anilines is 2. The number of halogens is 2. The molecule has 0 aliphatic carbocycles. The number of nitrogens with one attached hydrogen (secondary N) is 1. The monoisotopic (exact) mass is 360 g/mol. The standard InChI is InChI=1S/C19H18ClFN2O2/c20-16-5-2-6-17(19(16)23-9-11-25-12-10-23)22-18(24)8-7-14-3-1-4-15(21)13-14/h1-8,13H,9-12H2,(H,22,24)/b8-7+. The molecule has 6 heteroatoms. The van der Waals surface area contributed by atoms with Gasteiger partial charge in [0.15, 0.2) is 0 Å². The van der Waals surface area contributed by atoms with Crippen LogP contribution >= 0.6 is 11.6 Å². The first-order chi connectivity index (χ1) is 12.1. The summed E-state index contributed by atoms with van der Waals surface area (Å²) in [5.74, 6) is -0.645. The van der Waals surface area contributed by atoms with Gasteiger partial charge >= 0.3 is 0 Å². The average Bonchev–Trinajstić information content (AvgIpc) is 2.61. The summed E-state index contributed by atoms with van der Waals surface area (Å²) in [6.45, 7) is 2.67. The van der Waals surface area contributed by atoms with E-state index in [9.17, 15) is 9.18 Å². The molecule has 0 bridgehead atoms. The number of para-hydroxylation sites is 1. The van der Waals surface area contributed by atoms with Gasteiger partial charge in [-0.3, -0.25) is 4.79 Å². The molecule has 0 atom stereocenters. The maximum Gasteiger partial charge on any atom is 0.248 e. The van der Waals surface area contributed by atoms with E-state index in [1.54, 1.807) is 30.3 Å². The van der Waals surface area contributed by atoms with E-state index in [1.165, 1.54) is 18.2 Å². The van der Waals surface area contributed by atoms with Crippen molar-refractivity contribution in [2.45, 2.75) is 0 Å². The molecular weight excluding hydrogens is 343 g/mol. The Morgan fingerprint density at radius 1 is 1.20 bits per heavy atom. The summed E-state index contributed by atoms with van der Waals surface area (Å²) in [4.78, 5) is 14.3. The number of amides is 1. The predicted octanol–water partition coefficient (Wildman–Crippen LogP) is 3.97. The van der Waals surface area contributed by atoms with Crippen molar-refractivity contribution in [3.05, 3.63) is 64.9 Å². The van der Waals surface area contributed by atoms with Crippen molar-refractivity contribution in [1.29, 1.82) is 0 Å². The second-order valence-electron chi connectivity index (χ2n) is 5.61. The highest BCUT2D eigenvalue weighted by atomic mass is 35.5. The lowest BCUT2D eigenvalue weighted by Gasteiger charge is -2.31. The second kappa shape index (κ2) is 8.14. The van der Waals surface area contributed by atoms with Crippen molar-refractivity contribution in [1.82, 2.24) is 0 Å². The van der Waals surface area contributed by atoms with Gasteiger partial charge in [-0.2, -0.15) is 0 Å². The lowest BCUT2D eigenvalue weighted by atomic mass is 10.2. The number of nitrogens with zero attached hydrogens (tertiary/aromatic N) is 1. The molecule has 1 heterocycles. The van der Waals surface area contributed by atoms with Crippen LogP contribution in [0.5, 0.6) is 0 Å². The van der Waals surface area contributed by atoms with Gasteiger partial charge in [0.05, 0.1) is 29.6 Å². The van der Waals surface area contributed by atoms with Gasteiger partial charge in [-0.25, -0.2) is 4.39 Å². The molecule has 1 aliphatic rings. The van der Waals surface area contributed by atoms with Crippen LogP contribution in [0.4, 0.5) is 15.8 Å². The topological polar surface area (TPSA) is 41.6 Å². The molecule has 0 radical (unpaired) electrons. The molecule has 1 saturated heterocycles. The summed E-state index contributed by atoms with van der Waals surface area (Å²) >= 11 is 6.34. The van der Waals surface area contributed by atoms with Crippen molar-refractivity contribution >= 4 is 35.0 Å². The van der Waals surface area contributed by atoms with Crippen LogP contribution in [0.15, 0.2) is 48.5 Å². The van der Waals surface area contributed by atoms with Gasteiger partial charge in [0.2, 0.25) is 5.91 Å². The fourth-order valence-corrected chi connectivity index (χ4v) is 2.98. The number of morpholine rings is 1. The average molecular weight is 361 g/mol. The van der Waals surface area contributed by atoms with E-state index in [2.05, 4.69) is 10.2 Å². The highest BCUT2D eigenvalue weighted by Crippen LogP contribution is 2.34. The van der Waals surface area contributed by atoms with Gasteiger partial charge < -0.3 is 15.0 Å². The number of hydrogen-bond acceptors (Lipinski definition) is 3. The molecule has 0 unspecified atom stereocenters. The molecule has 1 amide bonds. The van der Waals surface area contributed by atoms with Gasteiger partial charge in [-0.1, -0.05) is 29.8 Å². The normalized spacial score (nSPS) is 14.7. The van der Waals surface area contributed by atoms with Gasteiger partial charge in [-0.05, 0) is 35.9 Å². The molecule has 130 valence electrons. The van der Waals surface area contributed by atoms with Crippen LogP contribution in [0.25, 0.3) is 6.08 Å². The first kappa shape index (κ1) is 17.5. The van der Waals surface area contributed by atoms with Crippen molar-refractivity contribution in [2.24, 2.45) is 0 Å². The summed E-state index contributed by atoms with van der Waals surface area (Å²) in [5, 5.41) is 3.42. The third-order valence-electron chi connectivity index (χ3n) is 3.85. The second-order valence-corrected chi connectivity index (χ2v) is 6.02. The summed E-state index contributed by atoms with van der Waals surface area (Å²) in [6.07, 6.45) is 2.94. The van der Waals surface area contributed by atoms with Crippen LogP contribution in [0.2, 0.25) is 5.02 Å². The van der Waals surface area contributed by atoms with E-state index in [4.69, 9.17) is 16.3 Å². The van der Waals surface area contributed by atoms with Crippen molar-refractivity contribution in [2.75, 3.05) is 36.5 Å². The third-order valence-corrected chi connectivity index (χ3v) is 4.15. The Bertz CT molecular complexity index is 789. The number of carbonyl (C=O) groups is 1. The number of benzene rings is 2. The molecule has 2 aromatic rings. The molecule has 2 aromatic carbocycles. The van der Waals surface area contributed by atoms with Crippen molar-refractivity contribution in [3.63, 3.8) is 0 Å². The van der Waals surface area contributed by atoms with Crippen LogP contribution in [-0.2, 0) is 9.53 Å². The Hall–Kier alpha value is -2.37. The fourth-order valence-electron chi connectivity index (χ4n) is 2.68. The number of hydrogen-bond donors (Lipinski definition) is 1. The first-order valence-electron chi connectivity index (χ1n) is 7.99. The van der Waals surface area contributed by atoms with Crippen LogP contribution < -0.4 is 10.2 Å². The van der Waals surface area contributed by atoms with Gasteiger partial charge in [0, 0.05) is 19.2 Å². The van der Waals surface area contributed by atoms with Gasteiger partial charge in [0.1, 0.15) is 5.82 Å². The minimum absolute atomic E-state index is 0.305. The van der Waals surface area contributed by atoms with Crippen LogP contribution in [0, 0.1) is 5.82 Å². The van der Waals surface area contributed by atoms with Crippen LogP contribution in [0.1, 0.15) is 5.56 Å². The summed E-state index contributed by atoms with van der Waals surface area (Å²) in [7, 11) is 0. The SMILES string of the molecule is O=C(/C=C/c1cccc(F)c1)Nc1cccc(Cl)c1N1CCOCC1. The molecule has 1 aliphatic heterocycles. The lowest BCUT2D eigenvalue weighted by molar-refractivity contribution is -0.111. The van der Waals surface area contributed by atoms with E-state index < -0.39 is 0 Å². The maximum atomic E-state index is 13.2. The quantitative estimate of drug-likeness (QED) is 0.839. The zero-order valence-corrected chi connectivity index (χ0v) is 14.3.